The molecule has 1 aromatic heterocycles. The quantitative estimate of drug-likeness (QED) is 0.590. The molecule has 1 heterocycles. The van der Waals surface area contributed by atoms with Crippen LogP contribution in [0, 0.1) is 11.8 Å². The first-order valence-electron chi connectivity index (χ1n) is 3.23. The van der Waals surface area contributed by atoms with Crippen LogP contribution in [0.1, 0.15) is 19.4 Å². The number of rotatable bonds is 0. The SMILES string of the molecule is CC(C)(O)C#Cc1cnsc1. The largest absolute Gasteiger partial charge is 0.378 e. The van der Waals surface area contributed by atoms with Crippen molar-refractivity contribution in [1.82, 2.24) is 4.37 Å². The Hall–Kier alpha value is -0.850. The number of hydrogen-bond donors (Lipinski definition) is 1. The summed E-state index contributed by atoms with van der Waals surface area (Å²) >= 11 is 1.36. The zero-order valence-corrected chi connectivity index (χ0v) is 7.27. The Bertz CT molecular complexity index is 273. The summed E-state index contributed by atoms with van der Waals surface area (Å²) in [5, 5.41) is 11.1. The van der Waals surface area contributed by atoms with E-state index in [-0.39, 0.29) is 0 Å². The molecule has 0 fully saturated rings. The highest BCUT2D eigenvalue weighted by atomic mass is 32.1. The molecule has 0 aliphatic heterocycles. The smallest absolute Gasteiger partial charge is 0.120 e. The average Bonchev–Trinajstić information content (AvgIpc) is 2.32. The van der Waals surface area contributed by atoms with Crippen molar-refractivity contribution in [2.24, 2.45) is 0 Å². The van der Waals surface area contributed by atoms with Crippen LogP contribution in [0.2, 0.25) is 0 Å². The number of nitrogens with zero attached hydrogens (tertiary/aromatic N) is 1. The van der Waals surface area contributed by atoms with E-state index in [1.54, 1.807) is 20.0 Å². The number of hydrogen-bond acceptors (Lipinski definition) is 3. The van der Waals surface area contributed by atoms with Gasteiger partial charge in [-0.25, -0.2) is 0 Å². The van der Waals surface area contributed by atoms with Crippen molar-refractivity contribution in [3.05, 3.63) is 17.1 Å². The molecule has 1 N–H and O–H groups in total. The van der Waals surface area contributed by atoms with Crippen LogP contribution < -0.4 is 0 Å². The van der Waals surface area contributed by atoms with E-state index in [0.29, 0.717) is 0 Å². The third-order valence-electron chi connectivity index (χ3n) is 0.945. The average molecular weight is 167 g/mol. The summed E-state index contributed by atoms with van der Waals surface area (Å²) in [6, 6.07) is 0. The molecule has 0 aliphatic rings. The van der Waals surface area contributed by atoms with Gasteiger partial charge in [0.15, 0.2) is 0 Å². The van der Waals surface area contributed by atoms with Gasteiger partial charge in [-0.15, -0.1) is 0 Å². The summed E-state index contributed by atoms with van der Waals surface area (Å²) < 4.78 is 3.88. The van der Waals surface area contributed by atoms with Gasteiger partial charge >= 0.3 is 0 Å². The predicted octanol–water partition coefficient (Wildman–Crippen LogP) is 1.27. The van der Waals surface area contributed by atoms with Crippen LogP contribution in [0.4, 0.5) is 0 Å². The van der Waals surface area contributed by atoms with E-state index in [9.17, 15) is 5.11 Å². The van der Waals surface area contributed by atoms with Gasteiger partial charge in [0, 0.05) is 5.38 Å². The summed E-state index contributed by atoms with van der Waals surface area (Å²) in [5.41, 5.74) is -0.0563. The second kappa shape index (κ2) is 3.04. The van der Waals surface area contributed by atoms with Crippen LogP contribution in [0.5, 0.6) is 0 Å². The highest BCUT2D eigenvalue weighted by Crippen LogP contribution is 2.01. The van der Waals surface area contributed by atoms with Crippen molar-refractivity contribution in [3.63, 3.8) is 0 Å². The van der Waals surface area contributed by atoms with Gasteiger partial charge < -0.3 is 5.11 Å². The van der Waals surface area contributed by atoms with Crippen molar-refractivity contribution in [2.75, 3.05) is 0 Å². The van der Waals surface area contributed by atoms with E-state index in [0.717, 1.165) is 5.56 Å². The van der Waals surface area contributed by atoms with Crippen molar-refractivity contribution in [3.8, 4) is 11.8 Å². The minimum absolute atomic E-state index is 0.858. The highest BCUT2D eigenvalue weighted by Gasteiger charge is 2.05. The second-order valence-corrected chi connectivity index (χ2v) is 3.38. The molecular formula is C8H9NOS. The van der Waals surface area contributed by atoms with Gasteiger partial charge in [0.1, 0.15) is 5.60 Å². The van der Waals surface area contributed by atoms with Crippen molar-refractivity contribution in [1.29, 1.82) is 0 Å². The summed E-state index contributed by atoms with van der Waals surface area (Å²) in [6.45, 7) is 3.31. The molecule has 0 saturated heterocycles. The summed E-state index contributed by atoms with van der Waals surface area (Å²) in [4.78, 5) is 0. The topological polar surface area (TPSA) is 33.1 Å². The Labute approximate surface area is 70.1 Å². The molecule has 0 atom stereocenters. The van der Waals surface area contributed by atoms with Crippen molar-refractivity contribution < 1.29 is 5.11 Å². The lowest BCUT2D eigenvalue weighted by molar-refractivity contribution is 0.143. The maximum atomic E-state index is 9.23. The summed E-state index contributed by atoms with van der Waals surface area (Å²) in [5.74, 6) is 5.51. The highest BCUT2D eigenvalue weighted by molar-refractivity contribution is 7.03. The normalized spacial score (nSPS) is 10.5. The molecule has 0 radical (unpaired) electrons. The van der Waals surface area contributed by atoms with Gasteiger partial charge in [-0.05, 0) is 25.4 Å². The Morgan fingerprint density at radius 3 is 2.82 bits per heavy atom. The van der Waals surface area contributed by atoms with Crippen molar-refractivity contribution >= 4 is 11.5 Å². The fourth-order valence-electron chi connectivity index (χ4n) is 0.492. The van der Waals surface area contributed by atoms with Crippen molar-refractivity contribution in [2.45, 2.75) is 19.4 Å². The van der Waals surface area contributed by atoms with Gasteiger partial charge in [0.25, 0.3) is 0 Å². The fourth-order valence-corrected chi connectivity index (χ4v) is 0.960. The molecule has 58 valence electrons. The standard InChI is InChI=1S/C8H9NOS/c1-8(2,10)4-3-7-5-9-11-6-7/h5-6,10H,1-2H3. The lowest BCUT2D eigenvalue weighted by atomic mass is 10.1. The minimum Gasteiger partial charge on any atom is -0.378 e. The molecule has 0 spiro atoms. The van der Waals surface area contributed by atoms with Gasteiger partial charge in [-0.2, -0.15) is 4.37 Å². The molecule has 0 bridgehead atoms. The predicted molar refractivity (Wildman–Crippen MR) is 45.3 cm³/mol. The first kappa shape index (κ1) is 8.25. The molecule has 3 heteroatoms. The Kier molecular flexibility index (Phi) is 2.28. The molecule has 0 unspecified atom stereocenters. The summed E-state index contributed by atoms with van der Waals surface area (Å²) in [7, 11) is 0. The first-order valence-corrected chi connectivity index (χ1v) is 4.06. The van der Waals surface area contributed by atoms with E-state index in [1.807, 2.05) is 5.38 Å². The van der Waals surface area contributed by atoms with E-state index in [1.165, 1.54) is 11.5 Å². The van der Waals surface area contributed by atoms with Crippen LogP contribution in [0.25, 0.3) is 0 Å². The van der Waals surface area contributed by atoms with E-state index in [2.05, 4.69) is 16.2 Å². The molecule has 0 amide bonds. The van der Waals surface area contributed by atoms with Crippen LogP contribution in [0.3, 0.4) is 0 Å². The lowest BCUT2D eigenvalue weighted by Gasteiger charge is -2.05. The van der Waals surface area contributed by atoms with Crippen LogP contribution in [-0.2, 0) is 0 Å². The third kappa shape index (κ3) is 3.17. The van der Waals surface area contributed by atoms with E-state index >= 15 is 0 Å². The Morgan fingerprint density at radius 2 is 2.36 bits per heavy atom. The maximum absolute atomic E-state index is 9.23. The van der Waals surface area contributed by atoms with Crippen LogP contribution in [-0.4, -0.2) is 15.1 Å². The number of aliphatic hydroxyl groups is 1. The van der Waals surface area contributed by atoms with Gasteiger partial charge in [0.05, 0.1) is 11.8 Å². The van der Waals surface area contributed by atoms with E-state index in [4.69, 9.17) is 0 Å². The molecule has 0 aliphatic carbocycles. The fraction of sp³-hybridized carbons (Fsp3) is 0.375. The zero-order chi connectivity index (χ0) is 8.32. The van der Waals surface area contributed by atoms with Gasteiger partial charge in [-0.1, -0.05) is 11.8 Å². The van der Waals surface area contributed by atoms with Gasteiger partial charge in [-0.3, -0.25) is 0 Å². The monoisotopic (exact) mass is 167 g/mol. The first-order chi connectivity index (χ1) is 5.08. The van der Waals surface area contributed by atoms with Crippen LogP contribution in [0.15, 0.2) is 11.6 Å². The maximum Gasteiger partial charge on any atom is 0.120 e. The molecule has 2 nitrogen and oxygen atoms in total. The summed E-state index contributed by atoms with van der Waals surface area (Å²) in [6.07, 6.45) is 1.68. The zero-order valence-electron chi connectivity index (χ0n) is 6.46. The third-order valence-corrected chi connectivity index (χ3v) is 1.53. The second-order valence-electron chi connectivity index (χ2n) is 2.72. The molecule has 0 saturated carbocycles. The van der Waals surface area contributed by atoms with E-state index < -0.39 is 5.60 Å². The molecule has 0 aromatic carbocycles. The Balaban J connectivity index is 2.74. The number of aromatic nitrogens is 1. The molecular weight excluding hydrogens is 158 g/mol. The van der Waals surface area contributed by atoms with Gasteiger partial charge in [0.2, 0.25) is 0 Å². The molecule has 1 rings (SSSR count). The Morgan fingerprint density at radius 1 is 1.64 bits per heavy atom. The lowest BCUT2D eigenvalue weighted by Crippen LogP contribution is -2.14. The molecule has 11 heavy (non-hydrogen) atoms. The molecule has 1 aromatic rings. The minimum atomic E-state index is -0.915. The van der Waals surface area contributed by atoms with Crippen LogP contribution >= 0.6 is 11.5 Å².